The molecule has 0 unspecified atom stereocenters. The van der Waals surface area contributed by atoms with Gasteiger partial charge < -0.3 is 15.0 Å². The highest BCUT2D eigenvalue weighted by Gasteiger charge is 2.34. The van der Waals surface area contributed by atoms with Gasteiger partial charge in [0.05, 0.1) is 50.5 Å². The number of benzene rings is 1. The lowest BCUT2D eigenvalue weighted by Gasteiger charge is -2.35. The van der Waals surface area contributed by atoms with E-state index in [-0.39, 0.29) is 12.0 Å². The summed E-state index contributed by atoms with van der Waals surface area (Å²) in [5.74, 6) is 0.954. The van der Waals surface area contributed by atoms with Crippen molar-refractivity contribution in [2.24, 2.45) is 0 Å². The number of imidazole rings is 1. The molecule has 3 heterocycles. The van der Waals surface area contributed by atoms with Crippen LogP contribution < -0.4 is 10.2 Å². The summed E-state index contributed by atoms with van der Waals surface area (Å²) >= 11 is 0. The van der Waals surface area contributed by atoms with E-state index in [1.807, 2.05) is 6.92 Å². The van der Waals surface area contributed by atoms with Crippen LogP contribution in [-0.2, 0) is 19.2 Å². The number of hydrogen-bond donors (Lipinski definition) is 2. The molecule has 3 aromatic rings. The molecule has 2 atom stereocenters. The molecule has 0 radical (unpaired) electrons. The van der Waals surface area contributed by atoms with Crippen LogP contribution in [0.15, 0.2) is 24.3 Å². The van der Waals surface area contributed by atoms with E-state index >= 15 is 0 Å². The van der Waals surface area contributed by atoms with Crippen LogP contribution in [0.4, 0.5) is 16.2 Å². The molecular formula is C21H28FN7O2S. The maximum absolute atomic E-state index is 14.1. The summed E-state index contributed by atoms with van der Waals surface area (Å²) in [7, 11) is -1.28. The van der Waals surface area contributed by atoms with Crippen molar-refractivity contribution in [1.82, 2.24) is 19.5 Å². The van der Waals surface area contributed by atoms with Crippen LogP contribution >= 0.6 is 0 Å². The van der Waals surface area contributed by atoms with Crippen LogP contribution in [0.2, 0.25) is 0 Å². The highest BCUT2D eigenvalue weighted by Crippen LogP contribution is 2.33. The third-order valence-electron chi connectivity index (χ3n) is 5.99. The number of anilines is 2. The van der Waals surface area contributed by atoms with Crippen molar-refractivity contribution in [3.05, 3.63) is 35.8 Å². The van der Waals surface area contributed by atoms with Gasteiger partial charge >= 0.3 is 0 Å². The molecule has 1 fully saturated rings. The van der Waals surface area contributed by atoms with Crippen LogP contribution in [0.3, 0.4) is 0 Å². The summed E-state index contributed by atoms with van der Waals surface area (Å²) in [6, 6.07) is 6.21. The van der Waals surface area contributed by atoms with Gasteiger partial charge in [-0.15, -0.1) is 0 Å². The predicted octanol–water partition coefficient (Wildman–Crippen LogP) is 3.13. The van der Waals surface area contributed by atoms with E-state index in [9.17, 15) is 8.60 Å². The Kier molecular flexibility index (Phi) is 5.58. The molecule has 11 heteroatoms. The lowest BCUT2D eigenvalue weighted by atomic mass is 10.1. The molecule has 1 aliphatic heterocycles. The number of nitrogens with one attached hydrogen (secondary N) is 2. The van der Waals surface area contributed by atoms with E-state index in [0.717, 1.165) is 0 Å². The number of aromatic nitrogens is 4. The zero-order chi connectivity index (χ0) is 23.3. The molecule has 0 amide bonds. The van der Waals surface area contributed by atoms with E-state index in [0.29, 0.717) is 48.3 Å². The average Bonchev–Trinajstić information content (AvgIpc) is 3.10. The summed E-state index contributed by atoms with van der Waals surface area (Å²) in [5, 5.41) is 3.02. The number of hydrogen-bond acceptors (Lipinski definition) is 8. The maximum atomic E-state index is 14.1. The first-order valence-electron chi connectivity index (χ1n) is 10.4. The van der Waals surface area contributed by atoms with Crippen molar-refractivity contribution in [3.63, 3.8) is 0 Å². The first-order chi connectivity index (χ1) is 15.0. The number of ether oxygens (including phenoxy) is 1. The van der Waals surface area contributed by atoms with E-state index in [1.165, 1.54) is 18.4 Å². The minimum absolute atomic E-state index is 0.0743. The van der Waals surface area contributed by atoms with Gasteiger partial charge in [-0.3, -0.25) is 4.78 Å². The number of halogens is 1. The van der Waals surface area contributed by atoms with Crippen molar-refractivity contribution in [1.29, 1.82) is 4.78 Å². The van der Waals surface area contributed by atoms with E-state index in [4.69, 9.17) is 19.5 Å². The lowest BCUT2D eigenvalue weighted by molar-refractivity contribution is 0.0985. The normalized spacial score (nSPS) is 19.2. The van der Waals surface area contributed by atoms with Gasteiger partial charge in [-0.2, -0.15) is 4.98 Å². The van der Waals surface area contributed by atoms with Gasteiger partial charge in [0.15, 0.2) is 0 Å². The highest BCUT2D eigenvalue weighted by molar-refractivity contribution is 7.92. The van der Waals surface area contributed by atoms with Gasteiger partial charge in [0, 0.05) is 32.0 Å². The molecule has 1 aromatic carbocycles. The topological polar surface area (TPSA) is 109 Å². The molecule has 1 aliphatic rings. The molecule has 2 aromatic heterocycles. The summed E-state index contributed by atoms with van der Waals surface area (Å²) < 4.78 is 41.4. The predicted molar refractivity (Wildman–Crippen MR) is 124 cm³/mol. The van der Waals surface area contributed by atoms with Crippen LogP contribution in [0.5, 0.6) is 0 Å². The number of fused-ring (bicyclic) bond motifs is 1. The van der Waals surface area contributed by atoms with Crippen molar-refractivity contribution >= 4 is 32.5 Å². The lowest BCUT2D eigenvalue weighted by Crippen LogP contribution is -2.44. The molecule has 9 nitrogen and oxygen atoms in total. The maximum Gasteiger partial charge on any atom is 0.239 e. The van der Waals surface area contributed by atoms with Gasteiger partial charge in [-0.05, 0) is 32.9 Å². The number of rotatable bonds is 5. The first-order valence-corrected chi connectivity index (χ1v) is 12.3. The quantitative estimate of drug-likeness (QED) is 0.601. The molecule has 0 saturated carbocycles. The molecule has 172 valence electrons. The molecule has 1 saturated heterocycles. The number of nitrogens with zero attached hydrogens (tertiary/aromatic N) is 5. The van der Waals surface area contributed by atoms with Crippen molar-refractivity contribution < 1.29 is 13.3 Å². The van der Waals surface area contributed by atoms with Gasteiger partial charge in [0.1, 0.15) is 11.6 Å². The molecule has 4 rings (SSSR count). The third-order valence-corrected chi connectivity index (χ3v) is 8.15. The standard InChI is InChI=1S/C21H28FN7O2S/c1-13-12-31-9-8-28(13)18-11-17(21(2,3)32(5,23)30)26-20(27-18)29-16-10-14(22)6-7-15(16)25-19(29)24-4/h6-7,10-11,13,23H,8-9,12H2,1-5H3,(H,24,25)/t13-,32-/m1/s1. The first kappa shape index (κ1) is 22.4. The summed E-state index contributed by atoms with van der Waals surface area (Å²) in [6.45, 7) is 7.28. The Morgan fingerprint density at radius 3 is 2.69 bits per heavy atom. The fourth-order valence-corrected chi connectivity index (χ4v) is 4.17. The Morgan fingerprint density at radius 1 is 1.28 bits per heavy atom. The van der Waals surface area contributed by atoms with Crippen molar-refractivity contribution in [3.8, 4) is 5.95 Å². The Bertz CT molecular complexity index is 1270. The van der Waals surface area contributed by atoms with E-state index in [2.05, 4.69) is 15.2 Å². The molecular weight excluding hydrogens is 433 g/mol. The fraction of sp³-hybridized carbons (Fsp3) is 0.476. The van der Waals surface area contributed by atoms with Crippen LogP contribution in [-0.4, -0.2) is 62.8 Å². The fourth-order valence-electron chi connectivity index (χ4n) is 3.66. The second-order valence-electron chi connectivity index (χ2n) is 8.54. The highest BCUT2D eigenvalue weighted by atomic mass is 32.2. The largest absolute Gasteiger partial charge is 0.377 e. The Labute approximate surface area is 187 Å². The molecule has 2 N–H and O–H groups in total. The number of morpholine rings is 1. The smallest absolute Gasteiger partial charge is 0.239 e. The van der Waals surface area contributed by atoms with Crippen LogP contribution in [0.1, 0.15) is 26.5 Å². The van der Waals surface area contributed by atoms with Gasteiger partial charge in [0.2, 0.25) is 11.9 Å². The summed E-state index contributed by atoms with van der Waals surface area (Å²) in [6.07, 6.45) is 1.41. The van der Waals surface area contributed by atoms with Gasteiger partial charge in [-0.1, -0.05) is 0 Å². The van der Waals surface area contributed by atoms with Crippen molar-refractivity contribution in [2.45, 2.75) is 31.6 Å². The van der Waals surface area contributed by atoms with Crippen LogP contribution in [0.25, 0.3) is 17.0 Å². The molecule has 32 heavy (non-hydrogen) atoms. The second-order valence-corrected chi connectivity index (χ2v) is 11.2. The van der Waals surface area contributed by atoms with Crippen molar-refractivity contribution in [2.75, 3.05) is 43.3 Å². The van der Waals surface area contributed by atoms with Crippen LogP contribution in [0, 0.1) is 10.6 Å². The second kappa shape index (κ2) is 7.96. The third kappa shape index (κ3) is 3.79. The summed E-state index contributed by atoms with van der Waals surface area (Å²) in [4.78, 5) is 16.1. The van der Waals surface area contributed by atoms with Gasteiger partial charge in [0.25, 0.3) is 0 Å². The zero-order valence-electron chi connectivity index (χ0n) is 18.8. The molecule has 0 spiro atoms. The Morgan fingerprint density at radius 2 is 2.03 bits per heavy atom. The van der Waals surface area contributed by atoms with Gasteiger partial charge in [-0.25, -0.2) is 23.1 Å². The summed E-state index contributed by atoms with van der Waals surface area (Å²) in [5.41, 5.74) is 1.57. The SMILES string of the molecule is CNc1nc2ccc(F)cc2n1-c1nc(N2CCOC[C@H]2C)cc(C(C)(C)[S@](C)(=N)=O)n1. The Hall–Kier alpha value is -2.79. The van der Waals surface area contributed by atoms with E-state index < -0.39 is 20.3 Å². The van der Waals surface area contributed by atoms with E-state index in [1.54, 1.807) is 37.6 Å². The molecule has 0 bridgehead atoms. The molecule has 0 aliphatic carbocycles. The minimum Gasteiger partial charge on any atom is -0.377 e. The monoisotopic (exact) mass is 461 g/mol. The Balaban J connectivity index is 2.01. The zero-order valence-corrected chi connectivity index (χ0v) is 19.7. The minimum atomic E-state index is -3.00. The average molecular weight is 462 g/mol.